The predicted molar refractivity (Wildman–Crippen MR) is 123 cm³/mol. The molecule has 8 heteroatoms. The molecule has 3 aliphatic rings. The van der Waals surface area contributed by atoms with E-state index in [1.807, 2.05) is 11.5 Å². The smallest absolute Gasteiger partial charge is 0.413 e. The number of imidazole rings is 1. The van der Waals surface area contributed by atoms with Crippen LogP contribution in [-0.4, -0.2) is 32.2 Å². The Morgan fingerprint density at radius 2 is 1.78 bits per heavy atom. The maximum atomic E-state index is 12.6. The molecular weight excluding hydrogens is 406 g/mol. The van der Waals surface area contributed by atoms with E-state index in [2.05, 4.69) is 27.2 Å². The van der Waals surface area contributed by atoms with Gasteiger partial charge in [0.2, 0.25) is 5.95 Å². The van der Waals surface area contributed by atoms with Crippen LogP contribution in [0.5, 0.6) is 0 Å². The Labute approximate surface area is 188 Å². The first kappa shape index (κ1) is 21.5. The van der Waals surface area contributed by atoms with Crippen molar-refractivity contribution in [2.45, 2.75) is 77.7 Å². The van der Waals surface area contributed by atoms with E-state index in [0.29, 0.717) is 30.0 Å². The van der Waals surface area contributed by atoms with Crippen LogP contribution in [-0.2, 0) is 4.74 Å². The number of anilines is 1. The highest BCUT2D eigenvalue weighted by Gasteiger charge is 2.51. The molecule has 3 aliphatic carbocycles. The van der Waals surface area contributed by atoms with Gasteiger partial charge in [-0.15, -0.1) is 0 Å². The minimum absolute atomic E-state index is 0.107. The molecule has 174 valence electrons. The average Bonchev–Trinajstić information content (AvgIpc) is 3.37. The Balaban J connectivity index is 1.28. The second kappa shape index (κ2) is 8.87. The number of amides is 1. The molecule has 0 spiro atoms. The molecule has 8 nitrogen and oxygen atoms in total. The number of aromatic amines is 1. The largest absolute Gasteiger partial charge is 0.449 e. The van der Waals surface area contributed by atoms with E-state index in [-0.39, 0.29) is 23.1 Å². The summed E-state index contributed by atoms with van der Waals surface area (Å²) in [5.41, 5.74) is 0.393. The van der Waals surface area contributed by atoms with E-state index in [9.17, 15) is 9.59 Å². The molecule has 5 rings (SSSR count). The zero-order chi connectivity index (χ0) is 22.2. The van der Waals surface area contributed by atoms with E-state index in [1.165, 1.54) is 51.4 Å². The number of ether oxygens (including phenoxy) is 1. The lowest BCUT2D eigenvalue weighted by atomic mass is 9.73. The quantitative estimate of drug-likeness (QED) is 0.688. The highest BCUT2D eigenvalue weighted by molar-refractivity contribution is 5.83. The van der Waals surface area contributed by atoms with Gasteiger partial charge in [-0.2, -0.15) is 4.98 Å². The molecule has 0 saturated heterocycles. The number of carbonyl (C=O) groups excluding carboxylic acids is 1. The third-order valence-corrected chi connectivity index (χ3v) is 8.52. The van der Waals surface area contributed by atoms with Gasteiger partial charge < -0.3 is 9.30 Å². The standard InChI is InChI=1S/C24H35N5O3/c1-3-14(2)29-13-25-20-21(29)26-23(27-22(20)30)28-24(31)32-12-19-17-10-6-4-8-15(17)16-9-5-7-11-18(16)19/h13-19H,3-12H2,1-2H3,(H2,26,27,28,30,31). The minimum Gasteiger partial charge on any atom is -0.449 e. The molecule has 2 heterocycles. The van der Waals surface area contributed by atoms with E-state index in [4.69, 9.17) is 4.74 Å². The monoisotopic (exact) mass is 441 g/mol. The van der Waals surface area contributed by atoms with Crippen LogP contribution >= 0.6 is 0 Å². The predicted octanol–water partition coefficient (Wildman–Crippen LogP) is 4.88. The number of aromatic nitrogens is 4. The van der Waals surface area contributed by atoms with Gasteiger partial charge in [0, 0.05) is 6.04 Å². The van der Waals surface area contributed by atoms with Crippen molar-refractivity contribution in [1.82, 2.24) is 19.5 Å². The van der Waals surface area contributed by atoms with Gasteiger partial charge in [0.15, 0.2) is 11.2 Å². The van der Waals surface area contributed by atoms with Gasteiger partial charge in [-0.05, 0) is 68.6 Å². The number of nitrogens with one attached hydrogen (secondary N) is 2. The lowest BCUT2D eigenvalue weighted by Gasteiger charge is -2.32. The van der Waals surface area contributed by atoms with Crippen molar-refractivity contribution in [2.24, 2.45) is 29.6 Å². The maximum Gasteiger partial charge on any atom is 0.413 e. The van der Waals surface area contributed by atoms with Gasteiger partial charge in [-0.1, -0.05) is 32.6 Å². The van der Waals surface area contributed by atoms with Crippen LogP contribution in [0.1, 0.15) is 77.7 Å². The molecule has 3 saturated carbocycles. The van der Waals surface area contributed by atoms with Crippen molar-refractivity contribution in [2.75, 3.05) is 11.9 Å². The molecule has 2 N–H and O–H groups in total. The summed E-state index contributed by atoms with van der Waals surface area (Å²) in [7, 11) is 0. The first-order chi connectivity index (χ1) is 15.6. The molecule has 0 radical (unpaired) electrons. The Morgan fingerprint density at radius 1 is 1.16 bits per heavy atom. The van der Waals surface area contributed by atoms with Crippen LogP contribution in [0.2, 0.25) is 0 Å². The summed E-state index contributed by atoms with van der Waals surface area (Å²) in [6.07, 6.45) is 12.5. The Morgan fingerprint density at radius 3 is 2.41 bits per heavy atom. The number of hydrogen-bond donors (Lipinski definition) is 2. The molecule has 3 fully saturated rings. The SMILES string of the molecule is CCC(C)n1cnc2c(=O)[nH]c(NC(=O)OCC3C4CCCCC4C4CCCCC43)nc21. The molecule has 0 aliphatic heterocycles. The van der Waals surface area contributed by atoms with Gasteiger partial charge in [-0.25, -0.2) is 9.78 Å². The zero-order valence-corrected chi connectivity index (χ0v) is 19.2. The molecular formula is C24H35N5O3. The fraction of sp³-hybridized carbons (Fsp3) is 0.750. The molecule has 5 atom stereocenters. The van der Waals surface area contributed by atoms with E-state index in [1.54, 1.807) is 6.33 Å². The summed E-state index contributed by atoms with van der Waals surface area (Å²) < 4.78 is 7.59. The summed E-state index contributed by atoms with van der Waals surface area (Å²) >= 11 is 0. The van der Waals surface area contributed by atoms with Crippen molar-refractivity contribution in [1.29, 1.82) is 0 Å². The van der Waals surface area contributed by atoms with Crippen LogP contribution in [0.3, 0.4) is 0 Å². The average molecular weight is 442 g/mol. The number of H-pyrrole nitrogens is 1. The fourth-order valence-corrected chi connectivity index (χ4v) is 6.88. The fourth-order valence-electron chi connectivity index (χ4n) is 6.88. The van der Waals surface area contributed by atoms with Gasteiger partial charge in [0.25, 0.3) is 5.56 Å². The number of hydrogen-bond acceptors (Lipinski definition) is 5. The summed E-state index contributed by atoms with van der Waals surface area (Å²) in [5.74, 6) is 3.62. The first-order valence-electron chi connectivity index (χ1n) is 12.5. The van der Waals surface area contributed by atoms with E-state index >= 15 is 0 Å². The lowest BCUT2D eigenvalue weighted by Crippen LogP contribution is -2.28. The lowest BCUT2D eigenvalue weighted by molar-refractivity contribution is 0.0958. The Kier molecular flexibility index (Phi) is 5.95. The minimum atomic E-state index is -0.547. The van der Waals surface area contributed by atoms with Gasteiger partial charge in [0.1, 0.15) is 0 Å². The molecule has 32 heavy (non-hydrogen) atoms. The Bertz CT molecular complexity index is 1010. The van der Waals surface area contributed by atoms with Crippen molar-refractivity contribution in [3.8, 4) is 0 Å². The van der Waals surface area contributed by atoms with Gasteiger partial charge in [-0.3, -0.25) is 15.1 Å². The second-order valence-electron chi connectivity index (χ2n) is 10.1. The van der Waals surface area contributed by atoms with Crippen molar-refractivity contribution in [3.05, 3.63) is 16.7 Å². The zero-order valence-electron chi connectivity index (χ0n) is 19.2. The summed E-state index contributed by atoms with van der Waals surface area (Å²) in [6.45, 7) is 4.58. The van der Waals surface area contributed by atoms with Crippen molar-refractivity contribution < 1.29 is 9.53 Å². The molecule has 1 amide bonds. The van der Waals surface area contributed by atoms with E-state index < -0.39 is 6.09 Å². The molecule has 0 bridgehead atoms. The van der Waals surface area contributed by atoms with Crippen LogP contribution < -0.4 is 10.9 Å². The third-order valence-electron chi connectivity index (χ3n) is 8.52. The number of fused-ring (bicyclic) bond motifs is 4. The maximum absolute atomic E-state index is 12.6. The van der Waals surface area contributed by atoms with Crippen LogP contribution in [0.15, 0.2) is 11.1 Å². The van der Waals surface area contributed by atoms with Gasteiger partial charge >= 0.3 is 6.09 Å². The molecule has 0 aromatic carbocycles. The van der Waals surface area contributed by atoms with Crippen LogP contribution in [0, 0.1) is 29.6 Å². The molecule has 5 unspecified atom stereocenters. The first-order valence-corrected chi connectivity index (χ1v) is 12.5. The number of nitrogens with zero attached hydrogens (tertiary/aromatic N) is 3. The molecule has 2 aromatic rings. The molecule has 2 aromatic heterocycles. The third kappa shape index (κ3) is 3.82. The number of rotatable bonds is 5. The number of carbonyl (C=O) groups is 1. The Hall–Kier alpha value is -2.38. The van der Waals surface area contributed by atoms with Crippen LogP contribution in [0.25, 0.3) is 11.2 Å². The normalized spacial score (nSPS) is 30.5. The topological polar surface area (TPSA) is 102 Å². The van der Waals surface area contributed by atoms with Gasteiger partial charge in [0.05, 0.1) is 12.9 Å². The van der Waals surface area contributed by atoms with Crippen molar-refractivity contribution >= 4 is 23.2 Å². The van der Waals surface area contributed by atoms with E-state index in [0.717, 1.165) is 18.3 Å². The van der Waals surface area contributed by atoms with Crippen molar-refractivity contribution in [3.63, 3.8) is 0 Å². The highest BCUT2D eigenvalue weighted by Crippen LogP contribution is 2.57. The second-order valence-corrected chi connectivity index (χ2v) is 10.1. The van der Waals surface area contributed by atoms with Crippen LogP contribution in [0.4, 0.5) is 10.7 Å². The summed E-state index contributed by atoms with van der Waals surface area (Å²) in [5, 5.41) is 2.65. The highest BCUT2D eigenvalue weighted by atomic mass is 16.5. The summed E-state index contributed by atoms with van der Waals surface area (Å²) in [6, 6.07) is 0.156. The summed E-state index contributed by atoms with van der Waals surface area (Å²) in [4.78, 5) is 36.3.